The molecule has 166 valence electrons. The summed E-state index contributed by atoms with van der Waals surface area (Å²) in [5, 5.41) is 14.2. The normalized spacial score (nSPS) is 21.2. The number of amides is 2. The Morgan fingerprint density at radius 3 is 2.28 bits per heavy atom. The lowest BCUT2D eigenvalue weighted by molar-refractivity contribution is -0.137. The lowest BCUT2D eigenvalue weighted by Crippen LogP contribution is -2.50. The monoisotopic (exact) mass is 425 g/mol. The Morgan fingerprint density at radius 1 is 0.931 bits per heavy atom. The molecule has 29 heavy (non-hydrogen) atoms. The lowest BCUT2D eigenvalue weighted by atomic mass is 10.3. The van der Waals surface area contributed by atoms with Gasteiger partial charge in [-0.1, -0.05) is 0 Å². The van der Waals surface area contributed by atoms with Gasteiger partial charge in [0.1, 0.15) is 0 Å². The third-order valence-electron chi connectivity index (χ3n) is 5.70. The number of hydrogen-bond donors (Lipinski definition) is 3. The van der Waals surface area contributed by atoms with E-state index >= 15 is 0 Å². The van der Waals surface area contributed by atoms with Crippen LogP contribution in [0.2, 0.25) is 0 Å². The Kier molecular flexibility index (Phi) is 10.4. The van der Waals surface area contributed by atoms with E-state index in [1.54, 1.807) is 0 Å². The average Bonchev–Trinajstić information content (AvgIpc) is 3.10. The minimum atomic E-state index is -0.856. The second kappa shape index (κ2) is 12.8. The number of piperazine rings is 1. The molecule has 2 heterocycles. The maximum atomic E-state index is 12.3. The topological polar surface area (TPSA) is 105 Å². The highest BCUT2D eigenvalue weighted by Gasteiger charge is 2.28. The van der Waals surface area contributed by atoms with E-state index in [4.69, 9.17) is 5.11 Å². The summed E-state index contributed by atoms with van der Waals surface area (Å²) < 4.78 is 0. The zero-order chi connectivity index (χ0) is 21.1. The number of hydrogen-bond acceptors (Lipinski definition) is 6. The first-order chi connectivity index (χ1) is 13.9. The highest BCUT2D eigenvalue weighted by molar-refractivity contribution is 5.78. The zero-order valence-corrected chi connectivity index (χ0v) is 17.7. The molecule has 0 saturated carbocycles. The maximum Gasteiger partial charge on any atom is 0.303 e. The molecule has 0 bridgehead atoms. The first-order valence-electron chi connectivity index (χ1n) is 10.8. The van der Waals surface area contributed by atoms with Crippen molar-refractivity contribution in [2.75, 3.05) is 66.0 Å². The van der Waals surface area contributed by atoms with Crippen LogP contribution in [0.5, 0.6) is 0 Å². The number of carboxylic acids is 1. The quantitative estimate of drug-likeness (QED) is 0.222. The number of likely N-dealkylation sites (N-methyl/N-ethyl adjacent to an activating group) is 1. The van der Waals surface area contributed by atoms with E-state index in [9.17, 15) is 14.4 Å². The molecule has 1 unspecified atom stereocenters. The predicted octanol–water partition coefficient (Wildman–Crippen LogP) is -0.424. The Hall–Kier alpha value is -1.71. The summed E-state index contributed by atoms with van der Waals surface area (Å²) in [6.45, 7) is 7.74. The van der Waals surface area contributed by atoms with Crippen LogP contribution in [0, 0.1) is 0 Å². The number of rotatable bonds is 12. The maximum absolute atomic E-state index is 12.3. The van der Waals surface area contributed by atoms with Crippen LogP contribution in [-0.2, 0) is 14.4 Å². The fraction of sp³-hybridized carbons (Fsp3) is 0.850. The summed E-state index contributed by atoms with van der Waals surface area (Å²) in [7, 11) is 2.16. The average molecular weight is 425 g/mol. The molecule has 0 aliphatic carbocycles. The molecule has 0 spiro atoms. The molecule has 9 heteroatoms. The number of carboxylic acid groups (broad SMARTS) is 1. The molecule has 2 aliphatic rings. The molecular formula is C20H37N5O4. The van der Waals surface area contributed by atoms with E-state index in [1.165, 1.54) is 0 Å². The summed E-state index contributed by atoms with van der Waals surface area (Å²) in [5.74, 6) is -0.931. The van der Waals surface area contributed by atoms with Gasteiger partial charge in [-0.25, -0.2) is 0 Å². The van der Waals surface area contributed by atoms with Crippen molar-refractivity contribution in [2.45, 2.75) is 44.6 Å². The molecule has 0 aromatic carbocycles. The SMILES string of the molecule is [13CH3][15N]1[13CH2][13CH2]N([13CH2][13CH]2[13CH2][13CH2][13CH2][15N]2[13CH2]C(=O)[15NH]CCCC(=O)NCCCC(=O)O)[13CH2][13CH2]1. The lowest BCUT2D eigenvalue weighted by Gasteiger charge is -2.36. The molecule has 9 nitrogen and oxygen atoms in total. The molecule has 1 atom stereocenters. The second-order valence-electron chi connectivity index (χ2n) is 8.17. The minimum Gasteiger partial charge on any atom is -0.481 e. The molecule has 0 radical (unpaired) electrons. The molecule has 2 amide bonds. The summed E-state index contributed by atoms with van der Waals surface area (Å²) in [6.07, 6.45) is 3.71. The predicted molar refractivity (Wildman–Crippen MR) is 111 cm³/mol. The van der Waals surface area contributed by atoms with Crippen molar-refractivity contribution in [3.8, 4) is 0 Å². The highest BCUT2D eigenvalue weighted by atomic mass is 16.4. The van der Waals surface area contributed by atoms with E-state index in [2.05, 4.69) is 32.4 Å². The smallest absolute Gasteiger partial charge is 0.303 e. The van der Waals surface area contributed by atoms with E-state index < -0.39 is 5.97 Å². The standard InChI is InChI=1S/C20H37N5O4/c1-23-11-13-24(14-12-23)15-17-5-4-10-25(17)16-19(27)22-8-2-6-18(26)21-9-3-7-20(28)29/h17H,2-16H2,1H3,(H,21,26)(H,22,27)(H,28,29)/i1+1,4+1,5+1,10+1,11+1,12+1,13+1,14+1,15+1,16+1,17+1,22+1,23+1,25+1. The number of carbonyl (C=O) groups excluding carboxylic acids is 2. The fourth-order valence-corrected chi connectivity index (χ4v) is 3.91. The molecule has 0 aromatic heterocycles. The van der Waals surface area contributed by atoms with Crippen molar-refractivity contribution in [1.82, 2.24) is 25.3 Å². The molecule has 2 saturated heterocycles. The van der Waals surface area contributed by atoms with Crippen LogP contribution in [0.3, 0.4) is 0 Å². The summed E-state index contributed by atoms with van der Waals surface area (Å²) in [6, 6.07) is 0.459. The van der Waals surface area contributed by atoms with Gasteiger partial charge in [-0.05, 0) is 39.3 Å². The summed E-state index contributed by atoms with van der Waals surface area (Å²) in [5.41, 5.74) is 0. The number of aliphatic carboxylic acids is 1. The van der Waals surface area contributed by atoms with Crippen LogP contribution in [0.1, 0.15) is 38.5 Å². The Morgan fingerprint density at radius 2 is 1.59 bits per heavy atom. The second-order valence-corrected chi connectivity index (χ2v) is 8.17. The van der Waals surface area contributed by atoms with Gasteiger partial charge in [0.15, 0.2) is 0 Å². The highest BCUT2D eigenvalue weighted by Crippen LogP contribution is 2.18. The molecule has 2 aliphatic heterocycles. The van der Waals surface area contributed by atoms with Gasteiger partial charge in [-0.15, -0.1) is 0 Å². The van der Waals surface area contributed by atoms with Crippen LogP contribution in [0.25, 0.3) is 0 Å². The van der Waals surface area contributed by atoms with E-state index in [1.807, 2.05) is 0 Å². The van der Waals surface area contributed by atoms with Crippen LogP contribution in [0.15, 0.2) is 0 Å². The van der Waals surface area contributed by atoms with E-state index in [0.717, 1.165) is 52.1 Å². The molecule has 3 N–H and O–H groups in total. The largest absolute Gasteiger partial charge is 0.481 e. The van der Waals surface area contributed by atoms with Crippen molar-refractivity contribution in [3.63, 3.8) is 0 Å². The molecular weight excluding hydrogens is 388 g/mol. The van der Waals surface area contributed by atoms with E-state index in [-0.39, 0.29) is 18.2 Å². The number of carbonyl (C=O) groups is 3. The van der Waals surface area contributed by atoms with Gasteiger partial charge in [0, 0.05) is 64.7 Å². The third kappa shape index (κ3) is 9.56. The van der Waals surface area contributed by atoms with Gasteiger partial charge in [-0.2, -0.15) is 0 Å². The van der Waals surface area contributed by atoms with Crippen LogP contribution < -0.4 is 10.6 Å². The van der Waals surface area contributed by atoms with Crippen LogP contribution in [0.4, 0.5) is 0 Å². The van der Waals surface area contributed by atoms with Gasteiger partial charge in [-0.3, -0.25) is 24.2 Å². The van der Waals surface area contributed by atoms with Crippen molar-refractivity contribution < 1.29 is 19.5 Å². The first-order valence-corrected chi connectivity index (χ1v) is 10.8. The Labute approximate surface area is 173 Å². The van der Waals surface area contributed by atoms with Crippen molar-refractivity contribution in [2.24, 2.45) is 0 Å². The van der Waals surface area contributed by atoms with Crippen LogP contribution in [-0.4, -0.2) is 110 Å². The van der Waals surface area contributed by atoms with Gasteiger partial charge >= 0.3 is 5.97 Å². The Bertz CT molecular complexity index is 537. The third-order valence-corrected chi connectivity index (χ3v) is 5.70. The fourth-order valence-electron chi connectivity index (χ4n) is 3.91. The Balaban J connectivity index is 1.55. The van der Waals surface area contributed by atoms with Gasteiger partial charge in [0.25, 0.3) is 0 Å². The summed E-state index contributed by atoms with van der Waals surface area (Å²) >= 11 is 0. The number of likely N-dealkylation sites (tertiary alicyclic amines) is 1. The minimum absolute atomic E-state index is 0.0251. The van der Waals surface area contributed by atoms with Gasteiger partial charge < -0.3 is 20.6 Å². The van der Waals surface area contributed by atoms with Gasteiger partial charge in [0.05, 0.1) is 6.54 Å². The summed E-state index contributed by atoms with van der Waals surface area (Å²) in [4.78, 5) is 41.5. The van der Waals surface area contributed by atoms with E-state index in [0.29, 0.717) is 44.9 Å². The zero-order valence-electron chi connectivity index (χ0n) is 17.7. The van der Waals surface area contributed by atoms with Crippen molar-refractivity contribution in [1.29, 1.82) is 0 Å². The molecule has 2 rings (SSSR count). The number of nitrogens with one attached hydrogen (secondary N) is 2. The van der Waals surface area contributed by atoms with Gasteiger partial charge in [0.2, 0.25) is 11.8 Å². The van der Waals surface area contributed by atoms with Crippen molar-refractivity contribution >= 4 is 17.8 Å². The molecule has 0 aromatic rings. The number of nitrogens with zero attached hydrogens (tertiary/aromatic N) is 3. The molecule has 2 fully saturated rings. The van der Waals surface area contributed by atoms with Crippen molar-refractivity contribution in [3.05, 3.63) is 0 Å². The first kappa shape index (κ1) is 23.6. The van der Waals surface area contributed by atoms with Crippen LogP contribution >= 0.6 is 0 Å².